The van der Waals surface area contributed by atoms with Crippen molar-refractivity contribution >= 4 is 16.5 Å². The van der Waals surface area contributed by atoms with Crippen LogP contribution in [0.5, 0.6) is 0 Å². The predicted octanol–water partition coefficient (Wildman–Crippen LogP) is 2.81. The molecule has 2 N–H and O–H groups in total. The van der Waals surface area contributed by atoms with Crippen LogP contribution in [0.1, 0.15) is 17.1 Å². The van der Waals surface area contributed by atoms with Crippen molar-refractivity contribution in [3.63, 3.8) is 0 Å². The number of aryl methyl sites for hydroxylation is 1. The van der Waals surface area contributed by atoms with Crippen LogP contribution in [-0.2, 0) is 6.42 Å². The van der Waals surface area contributed by atoms with Gasteiger partial charge in [-0.1, -0.05) is 34.7 Å². The summed E-state index contributed by atoms with van der Waals surface area (Å²) in [5.41, 5.74) is 6.91. The molecular formula is C13H11FN4OS. The second-order valence-corrected chi connectivity index (χ2v) is 5.28. The standard InChI is InChI=1S/C13H11FN4OS/c1-7-11(20-13(15)16-7)12-17-10(18-19-12)6-8-4-2-3-5-9(8)14/h2-5H,6H2,1H3,(H2,15,16). The molecule has 0 bridgehead atoms. The second-order valence-electron chi connectivity index (χ2n) is 4.25. The first-order valence-corrected chi connectivity index (χ1v) is 6.74. The van der Waals surface area contributed by atoms with Crippen LogP contribution in [0.2, 0.25) is 0 Å². The van der Waals surface area contributed by atoms with Crippen LogP contribution >= 0.6 is 11.3 Å². The van der Waals surface area contributed by atoms with E-state index >= 15 is 0 Å². The van der Waals surface area contributed by atoms with E-state index in [-0.39, 0.29) is 12.2 Å². The van der Waals surface area contributed by atoms with Crippen LogP contribution in [0.4, 0.5) is 9.52 Å². The van der Waals surface area contributed by atoms with E-state index in [9.17, 15) is 4.39 Å². The molecule has 2 heterocycles. The lowest BCUT2D eigenvalue weighted by Gasteiger charge is -1.97. The monoisotopic (exact) mass is 290 g/mol. The molecule has 0 spiro atoms. The zero-order valence-electron chi connectivity index (χ0n) is 10.6. The summed E-state index contributed by atoms with van der Waals surface area (Å²) in [6.45, 7) is 1.82. The smallest absolute Gasteiger partial charge is 0.270 e. The summed E-state index contributed by atoms with van der Waals surface area (Å²) in [6.07, 6.45) is 0.281. The topological polar surface area (TPSA) is 77.8 Å². The Morgan fingerprint density at radius 3 is 2.80 bits per heavy atom. The number of hydrogen-bond donors (Lipinski definition) is 1. The van der Waals surface area contributed by atoms with Crippen LogP contribution in [0, 0.1) is 12.7 Å². The summed E-state index contributed by atoms with van der Waals surface area (Å²) in [4.78, 5) is 9.11. The van der Waals surface area contributed by atoms with Crippen molar-refractivity contribution in [2.75, 3.05) is 5.73 Å². The first-order valence-electron chi connectivity index (χ1n) is 5.93. The third kappa shape index (κ3) is 2.39. The van der Waals surface area contributed by atoms with Gasteiger partial charge >= 0.3 is 0 Å². The quantitative estimate of drug-likeness (QED) is 0.802. The van der Waals surface area contributed by atoms with Crippen molar-refractivity contribution < 1.29 is 8.91 Å². The van der Waals surface area contributed by atoms with Gasteiger partial charge in [-0.25, -0.2) is 9.37 Å². The molecule has 20 heavy (non-hydrogen) atoms. The number of halogens is 1. The molecule has 0 aliphatic carbocycles. The highest BCUT2D eigenvalue weighted by molar-refractivity contribution is 7.18. The molecule has 0 saturated heterocycles. The number of thiazole rings is 1. The predicted molar refractivity (Wildman–Crippen MR) is 73.8 cm³/mol. The van der Waals surface area contributed by atoms with Gasteiger partial charge in [-0.2, -0.15) is 4.98 Å². The third-order valence-electron chi connectivity index (χ3n) is 2.78. The Morgan fingerprint density at radius 2 is 2.10 bits per heavy atom. The molecule has 2 aromatic heterocycles. The molecule has 0 fully saturated rings. The zero-order valence-corrected chi connectivity index (χ0v) is 11.4. The van der Waals surface area contributed by atoms with Crippen LogP contribution in [0.15, 0.2) is 28.8 Å². The maximum Gasteiger partial charge on any atom is 0.270 e. The fourth-order valence-corrected chi connectivity index (χ4v) is 2.60. The molecule has 102 valence electrons. The van der Waals surface area contributed by atoms with Crippen LogP contribution < -0.4 is 5.73 Å². The highest BCUT2D eigenvalue weighted by Gasteiger charge is 2.16. The van der Waals surface area contributed by atoms with Crippen molar-refractivity contribution in [1.82, 2.24) is 15.1 Å². The molecular weight excluding hydrogens is 279 g/mol. The molecule has 0 radical (unpaired) electrons. The summed E-state index contributed by atoms with van der Waals surface area (Å²) in [7, 11) is 0. The Labute approximate surface area is 118 Å². The summed E-state index contributed by atoms with van der Waals surface area (Å²) in [6, 6.07) is 6.52. The first-order chi connectivity index (χ1) is 9.63. The molecule has 0 amide bonds. The number of anilines is 1. The Kier molecular flexibility index (Phi) is 3.19. The maximum atomic E-state index is 13.6. The molecule has 3 rings (SSSR count). The number of aromatic nitrogens is 3. The van der Waals surface area contributed by atoms with E-state index in [1.165, 1.54) is 17.4 Å². The molecule has 5 nitrogen and oxygen atoms in total. The normalized spacial score (nSPS) is 10.9. The van der Waals surface area contributed by atoms with Gasteiger partial charge < -0.3 is 10.3 Å². The molecule has 3 aromatic rings. The molecule has 0 unspecified atom stereocenters. The summed E-state index contributed by atoms with van der Waals surface area (Å²) >= 11 is 1.29. The van der Waals surface area contributed by atoms with Crippen LogP contribution in [0.3, 0.4) is 0 Å². The molecule has 0 atom stereocenters. The second kappa shape index (κ2) is 5.01. The molecule has 0 saturated carbocycles. The lowest BCUT2D eigenvalue weighted by atomic mass is 10.1. The van der Waals surface area contributed by atoms with Crippen molar-refractivity contribution in [3.05, 3.63) is 47.2 Å². The SMILES string of the molecule is Cc1nc(N)sc1-c1nc(Cc2ccccc2F)no1. The summed E-state index contributed by atoms with van der Waals surface area (Å²) in [5.74, 6) is 0.511. The largest absolute Gasteiger partial charge is 0.375 e. The zero-order chi connectivity index (χ0) is 14.1. The molecule has 0 aliphatic rings. The van der Waals surface area contributed by atoms with Gasteiger partial charge in [-0.05, 0) is 18.6 Å². The minimum absolute atomic E-state index is 0.280. The molecule has 0 aliphatic heterocycles. The van der Waals surface area contributed by atoms with Gasteiger partial charge in [0.2, 0.25) is 0 Å². The first kappa shape index (κ1) is 12.7. The summed E-state index contributed by atoms with van der Waals surface area (Å²) in [5, 5.41) is 4.31. The van der Waals surface area contributed by atoms with E-state index in [0.29, 0.717) is 22.4 Å². The number of nitrogens with two attached hydrogens (primary N) is 1. The lowest BCUT2D eigenvalue weighted by molar-refractivity contribution is 0.424. The van der Waals surface area contributed by atoms with E-state index in [0.717, 1.165) is 10.6 Å². The maximum absolute atomic E-state index is 13.6. The lowest BCUT2D eigenvalue weighted by Crippen LogP contribution is -1.94. The minimum Gasteiger partial charge on any atom is -0.375 e. The van der Waals surface area contributed by atoms with Crippen LogP contribution in [0.25, 0.3) is 10.8 Å². The van der Waals surface area contributed by atoms with E-state index in [2.05, 4.69) is 15.1 Å². The van der Waals surface area contributed by atoms with Crippen molar-refractivity contribution in [2.24, 2.45) is 0 Å². The fourth-order valence-electron chi connectivity index (χ4n) is 1.85. The van der Waals surface area contributed by atoms with Crippen molar-refractivity contribution in [2.45, 2.75) is 13.3 Å². The van der Waals surface area contributed by atoms with Gasteiger partial charge in [0, 0.05) is 6.42 Å². The number of hydrogen-bond acceptors (Lipinski definition) is 6. The van der Waals surface area contributed by atoms with Crippen molar-refractivity contribution in [1.29, 1.82) is 0 Å². The average molecular weight is 290 g/mol. The van der Waals surface area contributed by atoms with Crippen molar-refractivity contribution in [3.8, 4) is 10.8 Å². The third-order valence-corrected chi connectivity index (χ3v) is 3.76. The van der Waals surface area contributed by atoms with Gasteiger partial charge in [-0.15, -0.1) is 0 Å². The van der Waals surface area contributed by atoms with Crippen LogP contribution in [-0.4, -0.2) is 15.1 Å². The number of rotatable bonds is 3. The van der Waals surface area contributed by atoms with Gasteiger partial charge in [0.05, 0.1) is 5.69 Å². The van der Waals surface area contributed by atoms with E-state index in [1.807, 2.05) is 6.92 Å². The Bertz CT molecular complexity index is 752. The Morgan fingerprint density at radius 1 is 1.30 bits per heavy atom. The minimum atomic E-state index is -0.280. The van der Waals surface area contributed by atoms with Gasteiger partial charge in [0.15, 0.2) is 11.0 Å². The van der Waals surface area contributed by atoms with E-state index in [1.54, 1.807) is 18.2 Å². The van der Waals surface area contributed by atoms with E-state index in [4.69, 9.17) is 10.3 Å². The number of nitrogen functional groups attached to an aromatic ring is 1. The number of nitrogens with zero attached hydrogens (tertiary/aromatic N) is 3. The Balaban J connectivity index is 1.88. The van der Waals surface area contributed by atoms with Gasteiger partial charge in [0.25, 0.3) is 5.89 Å². The Hall–Kier alpha value is -2.28. The molecule has 7 heteroatoms. The fraction of sp³-hybridized carbons (Fsp3) is 0.154. The van der Waals surface area contributed by atoms with Gasteiger partial charge in [-0.3, -0.25) is 0 Å². The highest BCUT2D eigenvalue weighted by atomic mass is 32.1. The number of benzene rings is 1. The molecule has 1 aromatic carbocycles. The van der Waals surface area contributed by atoms with Gasteiger partial charge in [0.1, 0.15) is 10.7 Å². The highest BCUT2D eigenvalue weighted by Crippen LogP contribution is 2.30. The average Bonchev–Trinajstić information content (AvgIpc) is 2.99. The van der Waals surface area contributed by atoms with E-state index < -0.39 is 0 Å². The summed E-state index contributed by atoms with van der Waals surface area (Å²) < 4.78 is 18.8.